The molecule has 1 saturated carbocycles. The molecule has 6 heteroatoms. The summed E-state index contributed by atoms with van der Waals surface area (Å²) in [6, 6.07) is 7.77. The fraction of sp³-hybridized carbons (Fsp3) is 0.545. The van der Waals surface area contributed by atoms with Gasteiger partial charge in [-0.1, -0.05) is 18.9 Å². The van der Waals surface area contributed by atoms with Crippen LogP contribution in [-0.4, -0.2) is 28.7 Å². The van der Waals surface area contributed by atoms with Gasteiger partial charge in [0, 0.05) is 36.7 Å². The van der Waals surface area contributed by atoms with Gasteiger partial charge in [-0.05, 0) is 78.3 Å². The molecular weight excluding hydrogens is 421 g/mol. The quantitative estimate of drug-likeness (QED) is 0.504. The molecule has 2 aromatic rings. The van der Waals surface area contributed by atoms with Crippen LogP contribution in [0, 0.1) is 5.82 Å². The molecule has 4 rings (SSSR count). The van der Waals surface area contributed by atoms with Gasteiger partial charge in [0.05, 0.1) is 5.60 Å². The molecule has 2 aliphatic rings. The molecule has 0 amide bonds. The van der Waals surface area contributed by atoms with Crippen LogP contribution in [0.5, 0.6) is 0 Å². The van der Waals surface area contributed by atoms with E-state index in [1.165, 1.54) is 37.4 Å². The molecule has 1 saturated heterocycles. The molecule has 4 nitrogen and oxygen atoms in total. The van der Waals surface area contributed by atoms with E-state index in [2.05, 4.69) is 38.4 Å². The van der Waals surface area contributed by atoms with Crippen LogP contribution in [0.3, 0.4) is 0 Å². The highest BCUT2D eigenvalue weighted by atomic mass is 79.9. The van der Waals surface area contributed by atoms with Crippen molar-refractivity contribution in [3.05, 3.63) is 58.3 Å². The molecule has 0 aromatic carbocycles. The Labute approximate surface area is 174 Å². The van der Waals surface area contributed by atoms with E-state index in [1.807, 2.05) is 12.3 Å². The number of nitrogens with zero attached hydrogens (tertiary/aromatic N) is 2. The second-order valence-electron chi connectivity index (χ2n) is 8.20. The Morgan fingerprint density at radius 1 is 1.18 bits per heavy atom. The molecule has 2 fully saturated rings. The average molecular weight is 448 g/mol. The molecular formula is C22H27BrFN3O. The summed E-state index contributed by atoms with van der Waals surface area (Å²) in [6.07, 6.45) is 11.5. The van der Waals surface area contributed by atoms with E-state index in [0.717, 1.165) is 38.0 Å². The molecule has 2 aromatic heterocycles. The number of ether oxygens (including phenoxy) is 1. The Morgan fingerprint density at radius 3 is 2.79 bits per heavy atom. The van der Waals surface area contributed by atoms with Crippen molar-refractivity contribution in [1.82, 2.24) is 15.3 Å². The highest BCUT2D eigenvalue weighted by Gasteiger charge is 2.48. The second-order valence-corrected chi connectivity index (χ2v) is 8.95. The van der Waals surface area contributed by atoms with E-state index in [0.29, 0.717) is 6.54 Å². The minimum atomic E-state index is -0.322. The fourth-order valence-corrected chi connectivity index (χ4v) is 5.13. The van der Waals surface area contributed by atoms with Gasteiger partial charge in [0.25, 0.3) is 0 Å². The van der Waals surface area contributed by atoms with Crippen LogP contribution in [-0.2, 0) is 16.7 Å². The number of hydrogen-bond acceptors (Lipinski definition) is 4. The Bertz CT molecular complexity index is 798. The van der Waals surface area contributed by atoms with Gasteiger partial charge < -0.3 is 10.1 Å². The Balaban J connectivity index is 1.45. The van der Waals surface area contributed by atoms with Crippen LogP contribution in [0.2, 0.25) is 0 Å². The topological polar surface area (TPSA) is 47.0 Å². The molecule has 28 heavy (non-hydrogen) atoms. The maximum absolute atomic E-state index is 13.7. The lowest BCUT2D eigenvalue weighted by atomic mass is 9.68. The molecule has 0 radical (unpaired) electrons. The lowest BCUT2D eigenvalue weighted by Crippen LogP contribution is -2.47. The maximum atomic E-state index is 13.7. The zero-order valence-corrected chi connectivity index (χ0v) is 17.7. The smallest absolute Gasteiger partial charge is 0.156 e. The monoisotopic (exact) mass is 447 g/mol. The Kier molecular flexibility index (Phi) is 6.09. The highest BCUT2D eigenvalue weighted by molar-refractivity contribution is 9.10. The van der Waals surface area contributed by atoms with Crippen LogP contribution >= 0.6 is 15.9 Å². The highest BCUT2D eigenvalue weighted by Crippen LogP contribution is 2.49. The number of halogens is 2. The normalized spacial score (nSPS) is 23.9. The number of rotatable bonds is 6. The summed E-state index contributed by atoms with van der Waals surface area (Å²) < 4.78 is 20.2. The minimum Gasteiger partial charge on any atom is -0.375 e. The first kappa shape index (κ1) is 19.9. The van der Waals surface area contributed by atoms with E-state index in [9.17, 15) is 4.39 Å². The van der Waals surface area contributed by atoms with Gasteiger partial charge in [-0.3, -0.25) is 4.98 Å². The Morgan fingerprint density at radius 2 is 2.04 bits per heavy atom. The first-order valence-electron chi connectivity index (χ1n) is 10.2. The van der Waals surface area contributed by atoms with E-state index < -0.39 is 0 Å². The zero-order chi connectivity index (χ0) is 19.5. The summed E-state index contributed by atoms with van der Waals surface area (Å²) >= 11 is 3.10. The maximum Gasteiger partial charge on any atom is 0.156 e. The predicted octanol–water partition coefficient (Wildman–Crippen LogP) is 4.92. The number of aromatic nitrogens is 2. The van der Waals surface area contributed by atoms with Crippen molar-refractivity contribution >= 4 is 15.9 Å². The van der Waals surface area contributed by atoms with Crippen LogP contribution < -0.4 is 5.32 Å². The van der Waals surface area contributed by atoms with Crippen LogP contribution in [0.15, 0.2) is 41.3 Å². The van der Waals surface area contributed by atoms with Crippen molar-refractivity contribution in [2.45, 2.75) is 62.5 Å². The molecule has 150 valence electrons. The van der Waals surface area contributed by atoms with E-state index in [1.54, 1.807) is 6.20 Å². The first-order chi connectivity index (χ1) is 13.6. The third-order valence-electron chi connectivity index (χ3n) is 6.33. The van der Waals surface area contributed by atoms with Gasteiger partial charge in [-0.2, -0.15) is 0 Å². The van der Waals surface area contributed by atoms with Gasteiger partial charge in [0.2, 0.25) is 0 Å². The predicted molar refractivity (Wildman–Crippen MR) is 111 cm³/mol. The lowest BCUT2D eigenvalue weighted by Gasteiger charge is -2.46. The summed E-state index contributed by atoms with van der Waals surface area (Å²) in [5, 5.41) is 3.48. The summed E-state index contributed by atoms with van der Waals surface area (Å²) in [5.74, 6) is -0.322. The van der Waals surface area contributed by atoms with Crippen LogP contribution in [0.1, 0.15) is 56.2 Å². The molecule has 1 atom stereocenters. The van der Waals surface area contributed by atoms with Crippen molar-refractivity contribution < 1.29 is 9.13 Å². The van der Waals surface area contributed by atoms with E-state index >= 15 is 0 Å². The minimum absolute atomic E-state index is 0.0362. The summed E-state index contributed by atoms with van der Waals surface area (Å²) in [4.78, 5) is 8.77. The van der Waals surface area contributed by atoms with Crippen molar-refractivity contribution in [1.29, 1.82) is 0 Å². The number of pyridine rings is 2. The van der Waals surface area contributed by atoms with Crippen molar-refractivity contribution in [2.24, 2.45) is 0 Å². The van der Waals surface area contributed by atoms with Gasteiger partial charge in [-0.15, -0.1) is 0 Å². The SMILES string of the molecule is Fc1cc(CNCC[C@@]2(c3ccccn3)CCOC3(CCCC3)C2)cnc1Br. The largest absolute Gasteiger partial charge is 0.375 e. The first-order valence-corrected chi connectivity index (χ1v) is 11.0. The number of nitrogens with one attached hydrogen (secondary N) is 1. The Hall–Kier alpha value is -1.37. The molecule has 1 aliphatic carbocycles. The standard InChI is InChI=1S/C22H27BrFN3O/c23-20-18(24)13-17(15-27-20)14-25-11-8-21(19-5-1-4-10-26-19)9-12-28-22(16-21)6-2-3-7-22/h1,4-5,10,13,15,25H,2-3,6-9,11-12,14,16H2/t21-/m1/s1. The van der Waals surface area contributed by atoms with Gasteiger partial charge in [-0.25, -0.2) is 9.37 Å². The molecule has 0 unspecified atom stereocenters. The molecule has 1 aliphatic heterocycles. The summed E-state index contributed by atoms with van der Waals surface area (Å²) in [7, 11) is 0. The fourth-order valence-electron chi connectivity index (χ4n) is 4.91. The van der Waals surface area contributed by atoms with E-state index in [-0.39, 0.29) is 21.4 Å². The third kappa shape index (κ3) is 4.29. The summed E-state index contributed by atoms with van der Waals surface area (Å²) in [6.45, 7) is 2.26. The van der Waals surface area contributed by atoms with Gasteiger partial charge in [0.1, 0.15) is 4.60 Å². The molecule has 3 heterocycles. The van der Waals surface area contributed by atoms with Gasteiger partial charge in [0.15, 0.2) is 5.82 Å². The molecule has 1 spiro atoms. The molecule has 1 N–H and O–H groups in total. The van der Waals surface area contributed by atoms with Crippen molar-refractivity contribution in [2.75, 3.05) is 13.2 Å². The lowest BCUT2D eigenvalue weighted by molar-refractivity contribution is -0.104. The zero-order valence-electron chi connectivity index (χ0n) is 16.1. The van der Waals surface area contributed by atoms with E-state index in [4.69, 9.17) is 9.72 Å². The third-order valence-corrected chi connectivity index (χ3v) is 6.92. The van der Waals surface area contributed by atoms with Crippen LogP contribution in [0.25, 0.3) is 0 Å². The second kappa shape index (κ2) is 8.56. The summed E-state index contributed by atoms with van der Waals surface area (Å²) in [5.41, 5.74) is 2.11. The van der Waals surface area contributed by atoms with Crippen molar-refractivity contribution in [3.63, 3.8) is 0 Å². The number of hydrogen-bond donors (Lipinski definition) is 1. The van der Waals surface area contributed by atoms with Crippen LogP contribution in [0.4, 0.5) is 4.39 Å². The van der Waals surface area contributed by atoms with Crippen molar-refractivity contribution in [3.8, 4) is 0 Å². The van der Waals surface area contributed by atoms with Gasteiger partial charge >= 0.3 is 0 Å². The average Bonchev–Trinajstić information content (AvgIpc) is 3.16. The molecule has 0 bridgehead atoms.